The number of imidazole rings is 1. The second-order valence-electron chi connectivity index (χ2n) is 11.1. The highest BCUT2D eigenvalue weighted by Gasteiger charge is 2.34. The van der Waals surface area contributed by atoms with Crippen LogP contribution in [0.25, 0.3) is 28.1 Å². The lowest BCUT2D eigenvalue weighted by Crippen LogP contribution is -2.31. The summed E-state index contributed by atoms with van der Waals surface area (Å²) < 4.78 is 33.9. The van der Waals surface area contributed by atoms with Crippen LogP contribution >= 0.6 is 0 Å². The third kappa shape index (κ3) is 4.05. The van der Waals surface area contributed by atoms with E-state index < -0.39 is 11.6 Å². The Morgan fingerprint density at radius 2 is 1.50 bits per heavy atom. The molecular weight excluding hydrogens is 450 g/mol. The third-order valence-corrected chi connectivity index (χ3v) is 7.97. The summed E-state index contributed by atoms with van der Waals surface area (Å²) in [6, 6.07) is 15.5. The van der Waals surface area contributed by atoms with Gasteiger partial charge in [0.25, 0.3) is 5.82 Å². The first-order valence-electron chi connectivity index (χ1n) is 13.3. The van der Waals surface area contributed by atoms with E-state index >= 15 is 4.39 Å². The molecule has 3 aromatic carbocycles. The number of hydrogen-bond donors (Lipinski definition) is 0. The Morgan fingerprint density at radius 3 is 2.08 bits per heavy atom. The van der Waals surface area contributed by atoms with Gasteiger partial charge in [0.15, 0.2) is 11.0 Å². The minimum Gasteiger partial charge on any atom is -0.225 e. The van der Waals surface area contributed by atoms with Crippen molar-refractivity contribution in [3.8, 4) is 17.1 Å². The molecule has 0 aliphatic heterocycles. The fourth-order valence-electron chi connectivity index (χ4n) is 6.14. The van der Waals surface area contributed by atoms with E-state index in [0.29, 0.717) is 17.0 Å². The van der Waals surface area contributed by atoms with Crippen molar-refractivity contribution in [1.82, 2.24) is 4.57 Å². The number of aromatic nitrogens is 2. The van der Waals surface area contributed by atoms with Gasteiger partial charge >= 0.3 is 0 Å². The molecule has 1 aromatic heterocycles. The number of nitrogens with zero attached hydrogens (tertiary/aromatic N) is 2. The van der Waals surface area contributed by atoms with Gasteiger partial charge in [-0.1, -0.05) is 64.8 Å². The van der Waals surface area contributed by atoms with Crippen LogP contribution in [-0.2, 0) is 7.05 Å². The maximum absolute atomic E-state index is 15.5. The Balaban J connectivity index is 1.93. The van der Waals surface area contributed by atoms with E-state index in [-0.39, 0.29) is 11.8 Å². The summed E-state index contributed by atoms with van der Waals surface area (Å²) in [6.45, 7) is 10.8. The van der Waals surface area contributed by atoms with E-state index in [1.807, 2.05) is 19.2 Å². The number of para-hydroxylation sites is 2. The molecule has 0 amide bonds. The van der Waals surface area contributed by atoms with Gasteiger partial charge in [-0.15, -0.1) is 0 Å². The second kappa shape index (κ2) is 9.46. The van der Waals surface area contributed by atoms with Crippen molar-refractivity contribution in [3.63, 3.8) is 0 Å². The molecule has 0 N–H and O–H groups in total. The Kier molecular flexibility index (Phi) is 6.48. The van der Waals surface area contributed by atoms with Gasteiger partial charge in [0.1, 0.15) is 22.9 Å². The van der Waals surface area contributed by atoms with Crippen molar-refractivity contribution in [2.24, 2.45) is 7.05 Å². The average Bonchev–Trinajstić information content (AvgIpc) is 3.45. The van der Waals surface area contributed by atoms with E-state index in [9.17, 15) is 4.39 Å². The lowest BCUT2D eigenvalue weighted by Gasteiger charge is -2.22. The third-order valence-electron chi connectivity index (χ3n) is 7.97. The summed E-state index contributed by atoms with van der Waals surface area (Å²) in [5.41, 5.74) is 8.21. The summed E-state index contributed by atoms with van der Waals surface area (Å²) >= 11 is 0. The zero-order valence-electron chi connectivity index (χ0n) is 22.3. The first-order chi connectivity index (χ1) is 17.2. The summed E-state index contributed by atoms with van der Waals surface area (Å²) in [5.74, 6) is 0.846. The van der Waals surface area contributed by atoms with E-state index in [0.717, 1.165) is 28.6 Å². The Bertz CT molecular complexity index is 1390. The second-order valence-corrected chi connectivity index (χ2v) is 11.1. The van der Waals surface area contributed by atoms with Crippen LogP contribution in [0.5, 0.6) is 0 Å². The molecule has 0 bridgehead atoms. The van der Waals surface area contributed by atoms with Gasteiger partial charge in [0, 0.05) is 17.2 Å². The molecule has 0 atom stereocenters. The van der Waals surface area contributed by atoms with Crippen molar-refractivity contribution < 1.29 is 13.3 Å². The molecule has 0 radical (unpaired) electrons. The van der Waals surface area contributed by atoms with Crippen molar-refractivity contribution in [2.75, 3.05) is 0 Å². The molecule has 1 aliphatic carbocycles. The van der Waals surface area contributed by atoms with Gasteiger partial charge in [0.05, 0.1) is 7.05 Å². The monoisotopic (exact) mass is 487 g/mol. The van der Waals surface area contributed by atoms with Gasteiger partial charge in [-0.3, -0.25) is 0 Å². The molecule has 4 heteroatoms. The number of rotatable bonds is 5. The molecule has 1 heterocycles. The first kappa shape index (κ1) is 24.7. The fraction of sp³-hybridized carbons (Fsp3) is 0.406. The van der Waals surface area contributed by atoms with Crippen molar-refractivity contribution in [2.45, 2.75) is 78.1 Å². The number of benzene rings is 3. The van der Waals surface area contributed by atoms with Gasteiger partial charge in [0.2, 0.25) is 0 Å². The van der Waals surface area contributed by atoms with E-state index in [4.69, 9.17) is 0 Å². The van der Waals surface area contributed by atoms with E-state index in [1.54, 1.807) is 6.92 Å². The van der Waals surface area contributed by atoms with E-state index in [2.05, 4.69) is 61.1 Å². The van der Waals surface area contributed by atoms with Crippen LogP contribution in [0.3, 0.4) is 0 Å². The first-order valence-corrected chi connectivity index (χ1v) is 13.3. The summed E-state index contributed by atoms with van der Waals surface area (Å²) in [4.78, 5) is 0. The molecule has 188 valence electrons. The predicted octanol–water partition coefficient (Wildman–Crippen LogP) is 8.61. The maximum Gasteiger partial charge on any atom is 0.298 e. The Hall–Kier alpha value is -3.01. The maximum atomic E-state index is 15.5. The quantitative estimate of drug-likeness (QED) is 0.249. The van der Waals surface area contributed by atoms with Gasteiger partial charge in [-0.05, 0) is 66.8 Å². The zero-order valence-corrected chi connectivity index (χ0v) is 22.3. The van der Waals surface area contributed by atoms with Crippen LogP contribution in [0.1, 0.15) is 93.4 Å². The Labute approximate surface area is 213 Å². The minimum absolute atomic E-state index is 0.289. The molecule has 36 heavy (non-hydrogen) atoms. The minimum atomic E-state index is -0.550. The standard InChI is InChI=1S/C32H37F2N2/c1-19(2)25-16-23(22-11-7-8-12-22)17-26(20(3)4)31(25)36-29-14-10-9-13-28(29)35(6)32(36)30-21(5)15-24(33)18-27(30)34/h9-10,13-20,22H,7-8,11-12H2,1-6H3/q+1. The molecule has 0 spiro atoms. The highest BCUT2D eigenvalue weighted by atomic mass is 19.1. The van der Waals surface area contributed by atoms with Crippen LogP contribution in [-0.4, -0.2) is 4.57 Å². The van der Waals surface area contributed by atoms with Crippen LogP contribution in [0.4, 0.5) is 8.78 Å². The summed E-state index contributed by atoms with van der Waals surface area (Å²) in [7, 11) is 1.98. The molecular formula is C32H37F2N2+. The van der Waals surface area contributed by atoms with Crippen molar-refractivity contribution >= 4 is 11.0 Å². The SMILES string of the molecule is Cc1cc(F)cc(F)c1-c1n(-c2c(C(C)C)cc(C3CCCC3)cc2C(C)C)c2ccccc2[n+]1C. The van der Waals surface area contributed by atoms with Crippen molar-refractivity contribution in [3.05, 3.63) is 82.4 Å². The fourth-order valence-corrected chi connectivity index (χ4v) is 6.14. The van der Waals surface area contributed by atoms with Crippen molar-refractivity contribution in [1.29, 1.82) is 0 Å². The van der Waals surface area contributed by atoms with E-state index in [1.165, 1.54) is 48.4 Å². The molecule has 4 aromatic rings. The predicted molar refractivity (Wildman–Crippen MR) is 144 cm³/mol. The van der Waals surface area contributed by atoms with Crippen LogP contribution < -0.4 is 4.57 Å². The lowest BCUT2D eigenvalue weighted by atomic mass is 9.85. The summed E-state index contributed by atoms with van der Waals surface area (Å²) in [6.07, 6.45) is 5.10. The van der Waals surface area contributed by atoms with Gasteiger partial charge in [-0.25, -0.2) is 13.3 Å². The molecule has 5 rings (SSSR count). The molecule has 0 saturated heterocycles. The lowest BCUT2D eigenvalue weighted by molar-refractivity contribution is -0.633. The molecule has 0 unspecified atom stereocenters. The number of aryl methyl sites for hydroxylation is 2. The highest BCUT2D eigenvalue weighted by molar-refractivity contribution is 5.81. The molecule has 1 saturated carbocycles. The molecule has 1 aliphatic rings. The molecule has 2 nitrogen and oxygen atoms in total. The van der Waals surface area contributed by atoms with Crippen LogP contribution in [0, 0.1) is 18.6 Å². The summed E-state index contributed by atoms with van der Waals surface area (Å²) in [5, 5.41) is 0. The number of halogens is 2. The smallest absolute Gasteiger partial charge is 0.225 e. The average molecular weight is 488 g/mol. The zero-order chi connectivity index (χ0) is 25.7. The van der Waals surface area contributed by atoms with Crippen LogP contribution in [0.15, 0.2) is 48.5 Å². The Morgan fingerprint density at radius 1 is 0.889 bits per heavy atom. The van der Waals surface area contributed by atoms with Gasteiger partial charge < -0.3 is 0 Å². The molecule has 1 fully saturated rings. The highest BCUT2D eigenvalue weighted by Crippen LogP contribution is 2.42. The largest absolute Gasteiger partial charge is 0.298 e. The normalized spacial score (nSPS) is 14.6. The number of fused-ring (bicyclic) bond motifs is 1. The number of hydrogen-bond acceptors (Lipinski definition) is 0. The van der Waals surface area contributed by atoms with Gasteiger partial charge in [-0.2, -0.15) is 4.57 Å². The topological polar surface area (TPSA) is 8.81 Å². The van der Waals surface area contributed by atoms with Crippen LogP contribution in [0.2, 0.25) is 0 Å².